The number of aromatic nitrogens is 2. The van der Waals surface area contributed by atoms with Crippen molar-refractivity contribution in [1.82, 2.24) is 14.5 Å². The van der Waals surface area contributed by atoms with E-state index in [0.717, 1.165) is 6.07 Å². The van der Waals surface area contributed by atoms with Crippen molar-refractivity contribution >= 4 is 15.9 Å². The van der Waals surface area contributed by atoms with Gasteiger partial charge in [-0.3, -0.25) is 4.79 Å². The zero-order chi connectivity index (χ0) is 16.8. The fourth-order valence-corrected chi connectivity index (χ4v) is 3.46. The molecule has 1 fully saturated rings. The van der Waals surface area contributed by atoms with E-state index in [1.54, 1.807) is 12.3 Å². The van der Waals surface area contributed by atoms with Crippen LogP contribution in [0.5, 0.6) is 0 Å². The van der Waals surface area contributed by atoms with Crippen LogP contribution in [0.4, 0.5) is 4.39 Å². The van der Waals surface area contributed by atoms with Gasteiger partial charge >= 0.3 is 0 Å². The summed E-state index contributed by atoms with van der Waals surface area (Å²) in [6, 6.07) is 5.06. The quantitative estimate of drug-likeness (QED) is 0.923. The van der Waals surface area contributed by atoms with Crippen LogP contribution in [0.3, 0.4) is 0 Å². The zero-order valence-electron chi connectivity index (χ0n) is 12.7. The third-order valence-corrected chi connectivity index (χ3v) is 5.39. The lowest BCUT2D eigenvalue weighted by atomic mass is 10.1. The number of amides is 1. The van der Waals surface area contributed by atoms with E-state index in [0.29, 0.717) is 6.42 Å². The number of benzene rings is 1. The molecule has 1 N–H and O–H groups in total. The molecule has 1 aromatic heterocycles. The molecule has 0 radical (unpaired) electrons. The molecular formula is C15H16FN3O3S. The highest BCUT2D eigenvalue weighted by Gasteiger charge is 2.51. The maximum atomic E-state index is 14.1. The summed E-state index contributed by atoms with van der Waals surface area (Å²) in [5, 5.41) is 3.89. The van der Waals surface area contributed by atoms with Gasteiger partial charge in [0.25, 0.3) is 10.0 Å². The van der Waals surface area contributed by atoms with Gasteiger partial charge in [-0.15, -0.1) is 0 Å². The molecule has 1 aliphatic carbocycles. The summed E-state index contributed by atoms with van der Waals surface area (Å²) in [4.78, 5) is 11.7. The van der Waals surface area contributed by atoms with Gasteiger partial charge in [0.2, 0.25) is 5.91 Å². The Bertz CT molecular complexity index is 860. The highest BCUT2D eigenvalue weighted by Crippen LogP contribution is 2.51. The molecule has 2 aromatic rings. The summed E-state index contributed by atoms with van der Waals surface area (Å²) in [7, 11) is -4.09. The molecule has 122 valence electrons. The molecule has 23 heavy (non-hydrogen) atoms. The number of nitrogens with one attached hydrogen (secondary N) is 1. The third-order valence-electron chi connectivity index (χ3n) is 4.05. The van der Waals surface area contributed by atoms with Crippen molar-refractivity contribution in [2.45, 2.75) is 25.2 Å². The Morgan fingerprint density at radius 3 is 2.65 bits per heavy atom. The van der Waals surface area contributed by atoms with Crippen LogP contribution >= 0.6 is 0 Å². The fraction of sp³-hybridized carbons (Fsp3) is 0.333. The molecule has 0 bridgehead atoms. The lowest BCUT2D eigenvalue weighted by molar-refractivity contribution is -0.121. The molecule has 0 saturated heterocycles. The van der Waals surface area contributed by atoms with Crippen molar-refractivity contribution in [1.29, 1.82) is 0 Å². The molecule has 0 spiro atoms. The first-order chi connectivity index (χ1) is 10.7. The van der Waals surface area contributed by atoms with Crippen molar-refractivity contribution in [3.63, 3.8) is 0 Å². The van der Waals surface area contributed by atoms with Gasteiger partial charge in [0.15, 0.2) is 0 Å². The number of hydrogen-bond donors (Lipinski definition) is 1. The minimum Gasteiger partial charge on any atom is -0.274 e. The molecule has 1 atom stereocenters. The van der Waals surface area contributed by atoms with E-state index < -0.39 is 21.7 Å². The molecule has 1 amide bonds. The van der Waals surface area contributed by atoms with E-state index in [4.69, 9.17) is 0 Å². The van der Waals surface area contributed by atoms with Crippen LogP contribution in [0.2, 0.25) is 0 Å². The maximum Gasteiger partial charge on any atom is 0.264 e. The summed E-state index contributed by atoms with van der Waals surface area (Å²) in [5.41, 5.74) is -0.0574. The first-order valence-electron chi connectivity index (χ1n) is 7.07. The van der Waals surface area contributed by atoms with E-state index in [1.807, 2.05) is 18.6 Å². The van der Waals surface area contributed by atoms with E-state index >= 15 is 0 Å². The van der Waals surface area contributed by atoms with E-state index in [2.05, 4.69) is 5.10 Å². The second kappa shape index (κ2) is 5.16. The van der Waals surface area contributed by atoms with Gasteiger partial charge in [-0.25, -0.2) is 22.2 Å². The summed E-state index contributed by atoms with van der Waals surface area (Å²) in [5.74, 6) is -1.62. The van der Waals surface area contributed by atoms with Crippen LogP contribution < -0.4 is 4.72 Å². The van der Waals surface area contributed by atoms with Crippen molar-refractivity contribution in [3.8, 4) is 5.69 Å². The molecule has 3 rings (SSSR count). The summed E-state index contributed by atoms with van der Waals surface area (Å²) in [6.45, 7) is 3.78. The maximum absolute atomic E-state index is 14.1. The molecule has 1 saturated carbocycles. The Morgan fingerprint density at radius 2 is 2.13 bits per heavy atom. The Morgan fingerprint density at radius 1 is 1.43 bits per heavy atom. The van der Waals surface area contributed by atoms with Crippen molar-refractivity contribution in [2.75, 3.05) is 0 Å². The minimum absolute atomic E-state index is 0.128. The lowest BCUT2D eigenvalue weighted by Crippen LogP contribution is -2.32. The summed E-state index contributed by atoms with van der Waals surface area (Å²) < 4.78 is 41.9. The molecule has 1 unspecified atom stereocenters. The molecule has 1 aromatic carbocycles. The molecule has 1 aliphatic rings. The van der Waals surface area contributed by atoms with Gasteiger partial charge in [0, 0.05) is 18.3 Å². The average Bonchev–Trinajstić information content (AvgIpc) is 2.88. The number of nitrogens with zero attached hydrogens (tertiary/aromatic N) is 2. The second-order valence-electron chi connectivity index (χ2n) is 6.28. The molecule has 6 nitrogen and oxygen atoms in total. The highest BCUT2D eigenvalue weighted by molar-refractivity contribution is 7.90. The predicted octanol–water partition coefficient (Wildman–Crippen LogP) is 1.86. The predicted molar refractivity (Wildman–Crippen MR) is 80.7 cm³/mol. The Kier molecular flexibility index (Phi) is 3.51. The normalized spacial score (nSPS) is 19.3. The largest absolute Gasteiger partial charge is 0.274 e. The zero-order valence-corrected chi connectivity index (χ0v) is 13.5. The first-order valence-corrected chi connectivity index (χ1v) is 8.55. The molecule has 0 aliphatic heterocycles. The first kappa shape index (κ1) is 15.7. The smallest absolute Gasteiger partial charge is 0.264 e. The van der Waals surface area contributed by atoms with Crippen molar-refractivity contribution in [2.24, 2.45) is 11.3 Å². The standard InChI is InChI=1S/C15H16FN3O3S/c1-15(2)9-11(15)14(20)18-23(21,22)10-4-5-13(12(16)8-10)19-7-3-6-17-19/h3-8,11H,9H2,1-2H3,(H,18,20). The third kappa shape index (κ3) is 2.98. The SMILES string of the molecule is CC1(C)CC1C(=O)NS(=O)(=O)c1ccc(-n2cccn2)c(F)c1. The topological polar surface area (TPSA) is 81.1 Å². The van der Waals surface area contributed by atoms with Gasteiger partial charge in [-0.2, -0.15) is 5.10 Å². The Hall–Kier alpha value is -2.22. The van der Waals surface area contributed by atoms with E-state index in [-0.39, 0.29) is 21.9 Å². The molecular weight excluding hydrogens is 321 g/mol. The van der Waals surface area contributed by atoms with Gasteiger partial charge in [-0.1, -0.05) is 13.8 Å². The monoisotopic (exact) mass is 337 g/mol. The number of rotatable bonds is 4. The van der Waals surface area contributed by atoms with Gasteiger partial charge in [0.05, 0.1) is 4.90 Å². The van der Waals surface area contributed by atoms with Crippen molar-refractivity contribution < 1.29 is 17.6 Å². The number of carbonyl (C=O) groups is 1. The van der Waals surface area contributed by atoms with Gasteiger partial charge < -0.3 is 0 Å². The van der Waals surface area contributed by atoms with Gasteiger partial charge in [-0.05, 0) is 36.1 Å². The van der Waals surface area contributed by atoms with Crippen LogP contribution in [0, 0.1) is 17.2 Å². The van der Waals surface area contributed by atoms with Crippen LogP contribution in [-0.4, -0.2) is 24.1 Å². The van der Waals surface area contributed by atoms with E-state index in [9.17, 15) is 17.6 Å². The van der Waals surface area contributed by atoms with E-state index in [1.165, 1.54) is 23.0 Å². The summed E-state index contributed by atoms with van der Waals surface area (Å²) >= 11 is 0. The Labute approximate surface area is 133 Å². The average molecular weight is 337 g/mol. The van der Waals surface area contributed by atoms with Crippen molar-refractivity contribution in [3.05, 3.63) is 42.5 Å². The highest BCUT2D eigenvalue weighted by atomic mass is 32.2. The number of hydrogen-bond acceptors (Lipinski definition) is 4. The molecule has 8 heteroatoms. The summed E-state index contributed by atoms with van der Waals surface area (Å²) in [6.07, 6.45) is 3.67. The number of sulfonamides is 1. The van der Waals surface area contributed by atoms with Crippen LogP contribution in [0.1, 0.15) is 20.3 Å². The molecule has 1 heterocycles. The second-order valence-corrected chi connectivity index (χ2v) is 7.96. The van der Waals surface area contributed by atoms with Crippen LogP contribution in [0.15, 0.2) is 41.6 Å². The number of halogens is 1. The Balaban J connectivity index is 1.83. The van der Waals surface area contributed by atoms with Gasteiger partial charge in [0.1, 0.15) is 11.5 Å². The minimum atomic E-state index is -4.09. The van der Waals surface area contributed by atoms with Crippen LogP contribution in [0.25, 0.3) is 5.69 Å². The fourth-order valence-electron chi connectivity index (χ4n) is 2.43. The number of carbonyl (C=O) groups excluding carboxylic acids is 1. The van der Waals surface area contributed by atoms with Crippen LogP contribution in [-0.2, 0) is 14.8 Å². The lowest BCUT2D eigenvalue weighted by Gasteiger charge is -2.09.